The molecule has 0 radical (unpaired) electrons. The van der Waals surface area contributed by atoms with Gasteiger partial charge in [-0.3, -0.25) is 0 Å². The molecular formula is C9H23N3O3S. The van der Waals surface area contributed by atoms with E-state index in [9.17, 15) is 8.42 Å². The lowest BCUT2D eigenvalue weighted by atomic mass is 10.5. The van der Waals surface area contributed by atoms with Crippen LogP contribution < -0.4 is 10.5 Å². The molecule has 98 valence electrons. The van der Waals surface area contributed by atoms with Gasteiger partial charge in [-0.15, -0.1) is 0 Å². The first-order valence-electron chi connectivity index (χ1n) is 5.31. The van der Waals surface area contributed by atoms with Crippen LogP contribution in [0.2, 0.25) is 0 Å². The number of nitrogens with zero attached hydrogens (tertiary/aromatic N) is 1. The molecule has 0 fully saturated rings. The summed E-state index contributed by atoms with van der Waals surface area (Å²) in [5.74, 6) is 0. The van der Waals surface area contributed by atoms with Gasteiger partial charge in [0.25, 0.3) is 0 Å². The van der Waals surface area contributed by atoms with Crippen molar-refractivity contribution in [2.45, 2.75) is 12.2 Å². The first kappa shape index (κ1) is 15.8. The quantitative estimate of drug-likeness (QED) is 0.506. The molecular weight excluding hydrogens is 230 g/mol. The van der Waals surface area contributed by atoms with Crippen molar-refractivity contribution in [1.29, 1.82) is 0 Å². The third-order valence-electron chi connectivity index (χ3n) is 2.09. The minimum Gasteiger partial charge on any atom is -0.379 e. The Morgan fingerprint density at radius 2 is 2.00 bits per heavy atom. The van der Waals surface area contributed by atoms with Crippen LogP contribution in [0.4, 0.5) is 0 Å². The zero-order chi connectivity index (χ0) is 12.6. The average molecular weight is 253 g/mol. The van der Waals surface area contributed by atoms with Crippen molar-refractivity contribution in [3.8, 4) is 0 Å². The first-order chi connectivity index (χ1) is 7.40. The molecule has 6 nitrogen and oxygen atoms in total. The van der Waals surface area contributed by atoms with Gasteiger partial charge in [0, 0.05) is 19.6 Å². The number of ether oxygens (including phenoxy) is 1. The van der Waals surface area contributed by atoms with Crippen molar-refractivity contribution in [1.82, 2.24) is 9.62 Å². The van der Waals surface area contributed by atoms with Gasteiger partial charge in [-0.25, -0.2) is 13.1 Å². The molecule has 0 amide bonds. The van der Waals surface area contributed by atoms with Crippen LogP contribution in [0.1, 0.15) is 6.92 Å². The van der Waals surface area contributed by atoms with Crippen LogP contribution in [0.15, 0.2) is 0 Å². The summed E-state index contributed by atoms with van der Waals surface area (Å²) in [6.07, 6.45) is 0. The molecule has 0 bridgehead atoms. The second kappa shape index (κ2) is 7.97. The molecule has 1 atom stereocenters. The van der Waals surface area contributed by atoms with Gasteiger partial charge in [0.2, 0.25) is 10.0 Å². The van der Waals surface area contributed by atoms with E-state index in [4.69, 9.17) is 10.5 Å². The molecule has 0 spiro atoms. The van der Waals surface area contributed by atoms with Crippen molar-refractivity contribution in [2.75, 3.05) is 46.9 Å². The topological polar surface area (TPSA) is 84.7 Å². The molecule has 0 aliphatic rings. The van der Waals surface area contributed by atoms with Crippen molar-refractivity contribution in [2.24, 2.45) is 5.73 Å². The van der Waals surface area contributed by atoms with Gasteiger partial charge in [-0.05, 0) is 21.0 Å². The Balaban J connectivity index is 3.59. The fraction of sp³-hybridized carbons (Fsp3) is 1.00. The molecule has 0 aliphatic heterocycles. The lowest BCUT2D eigenvalue weighted by Crippen LogP contribution is -2.38. The molecule has 0 aromatic carbocycles. The molecule has 0 saturated heterocycles. The number of hydrogen-bond donors (Lipinski definition) is 2. The van der Waals surface area contributed by atoms with E-state index in [0.717, 1.165) is 6.54 Å². The monoisotopic (exact) mass is 253 g/mol. The lowest BCUT2D eigenvalue weighted by Gasteiger charge is -2.12. The summed E-state index contributed by atoms with van der Waals surface area (Å²) in [6.45, 7) is 3.80. The van der Waals surface area contributed by atoms with Crippen LogP contribution in [-0.2, 0) is 14.8 Å². The molecule has 0 aromatic heterocycles. The maximum absolute atomic E-state index is 11.4. The molecule has 7 heteroatoms. The van der Waals surface area contributed by atoms with E-state index in [1.807, 2.05) is 19.0 Å². The van der Waals surface area contributed by atoms with Gasteiger partial charge in [-0.1, -0.05) is 0 Å². The zero-order valence-electron chi connectivity index (χ0n) is 10.3. The van der Waals surface area contributed by atoms with Crippen molar-refractivity contribution >= 4 is 10.0 Å². The van der Waals surface area contributed by atoms with Gasteiger partial charge in [0.15, 0.2) is 0 Å². The van der Waals surface area contributed by atoms with E-state index >= 15 is 0 Å². The Morgan fingerprint density at radius 1 is 1.38 bits per heavy atom. The number of hydrogen-bond acceptors (Lipinski definition) is 5. The van der Waals surface area contributed by atoms with Crippen LogP contribution in [-0.4, -0.2) is 65.5 Å². The van der Waals surface area contributed by atoms with Gasteiger partial charge in [-0.2, -0.15) is 0 Å². The molecule has 0 aromatic rings. The van der Waals surface area contributed by atoms with E-state index in [1.54, 1.807) is 6.92 Å². The maximum atomic E-state index is 11.4. The number of rotatable bonds is 9. The Labute approximate surface area is 98.2 Å². The van der Waals surface area contributed by atoms with Gasteiger partial charge < -0.3 is 15.4 Å². The number of nitrogens with two attached hydrogens (primary N) is 1. The van der Waals surface area contributed by atoms with Gasteiger partial charge >= 0.3 is 0 Å². The van der Waals surface area contributed by atoms with E-state index in [2.05, 4.69) is 4.72 Å². The van der Waals surface area contributed by atoms with Crippen molar-refractivity contribution in [3.63, 3.8) is 0 Å². The zero-order valence-corrected chi connectivity index (χ0v) is 11.1. The number of sulfonamides is 1. The fourth-order valence-electron chi connectivity index (χ4n) is 0.874. The fourth-order valence-corrected chi connectivity index (χ4v) is 1.78. The Kier molecular flexibility index (Phi) is 7.86. The Hall–Kier alpha value is -0.210. The molecule has 0 heterocycles. The molecule has 3 N–H and O–H groups in total. The predicted octanol–water partition coefficient (Wildman–Crippen LogP) is -1.17. The highest BCUT2D eigenvalue weighted by Crippen LogP contribution is 1.94. The highest BCUT2D eigenvalue weighted by molar-refractivity contribution is 7.90. The van der Waals surface area contributed by atoms with E-state index in [1.165, 1.54) is 0 Å². The van der Waals surface area contributed by atoms with Gasteiger partial charge in [0.05, 0.1) is 18.5 Å². The SMILES string of the molecule is CC(CN)S(=O)(=O)NCCOCCN(C)C. The average Bonchev–Trinajstić information content (AvgIpc) is 2.21. The predicted molar refractivity (Wildman–Crippen MR) is 64.8 cm³/mol. The lowest BCUT2D eigenvalue weighted by molar-refractivity contribution is 0.122. The molecule has 0 aliphatic carbocycles. The Bertz CT molecular complexity index is 267. The second-order valence-electron chi connectivity index (χ2n) is 3.90. The molecule has 0 saturated carbocycles. The van der Waals surface area contributed by atoms with Gasteiger partial charge in [0.1, 0.15) is 0 Å². The van der Waals surface area contributed by atoms with Crippen LogP contribution in [0.5, 0.6) is 0 Å². The summed E-state index contributed by atoms with van der Waals surface area (Å²) in [6, 6.07) is 0. The smallest absolute Gasteiger partial charge is 0.215 e. The van der Waals surface area contributed by atoms with Crippen LogP contribution in [0, 0.1) is 0 Å². The third-order valence-corrected chi connectivity index (χ3v) is 3.95. The van der Waals surface area contributed by atoms with Crippen LogP contribution in [0.3, 0.4) is 0 Å². The molecule has 16 heavy (non-hydrogen) atoms. The summed E-state index contributed by atoms with van der Waals surface area (Å²) in [5, 5.41) is -0.561. The van der Waals surface area contributed by atoms with Crippen molar-refractivity contribution < 1.29 is 13.2 Å². The summed E-state index contributed by atoms with van der Waals surface area (Å²) in [7, 11) is 0.627. The summed E-state index contributed by atoms with van der Waals surface area (Å²) in [5.41, 5.74) is 5.29. The molecule has 1 unspecified atom stereocenters. The largest absolute Gasteiger partial charge is 0.379 e. The number of nitrogens with one attached hydrogen (secondary N) is 1. The van der Waals surface area contributed by atoms with E-state index < -0.39 is 15.3 Å². The van der Waals surface area contributed by atoms with Crippen LogP contribution >= 0.6 is 0 Å². The van der Waals surface area contributed by atoms with E-state index in [-0.39, 0.29) is 6.54 Å². The molecule has 0 rings (SSSR count). The minimum atomic E-state index is -3.28. The minimum absolute atomic E-state index is 0.122. The highest BCUT2D eigenvalue weighted by Gasteiger charge is 2.17. The Morgan fingerprint density at radius 3 is 2.50 bits per heavy atom. The number of likely N-dealkylation sites (N-methyl/N-ethyl adjacent to an activating group) is 1. The summed E-state index contributed by atoms with van der Waals surface area (Å²) < 4.78 is 30.6. The summed E-state index contributed by atoms with van der Waals surface area (Å²) in [4.78, 5) is 2.00. The third kappa shape index (κ3) is 7.13. The standard InChI is InChI=1S/C9H23N3O3S/c1-9(8-10)16(13,14)11-4-6-15-7-5-12(2)3/h9,11H,4-8,10H2,1-3H3. The van der Waals surface area contributed by atoms with E-state index in [0.29, 0.717) is 19.8 Å². The normalized spacial score (nSPS) is 14.3. The summed E-state index contributed by atoms with van der Waals surface area (Å²) >= 11 is 0. The second-order valence-corrected chi connectivity index (χ2v) is 6.08. The first-order valence-corrected chi connectivity index (χ1v) is 6.85. The van der Waals surface area contributed by atoms with Crippen molar-refractivity contribution in [3.05, 3.63) is 0 Å². The highest BCUT2D eigenvalue weighted by atomic mass is 32.2. The maximum Gasteiger partial charge on any atom is 0.215 e. The van der Waals surface area contributed by atoms with Crippen LogP contribution in [0.25, 0.3) is 0 Å².